The van der Waals surface area contributed by atoms with Crippen LogP contribution in [0, 0.1) is 5.92 Å². The first-order valence-corrected chi connectivity index (χ1v) is 8.04. The van der Waals surface area contributed by atoms with Crippen LogP contribution in [-0.4, -0.2) is 11.6 Å². The number of pyridine rings is 1. The molecule has 2 heterocycles. The molecule has 3 rings (SSSR count). The Morgan fingerprint density at radius 3 is 3.10 bits per heavy atom. The first-order valence-electron chi connectivity index (χ1n) is 7.16. The van der Waals surface area contributed by atoms with Crippen LogP contribution in [0.1, 0.15) is 36.2 Å². The summed E-state index contributed by atoms with van der Waals surface area (Å²) in [6.07, 6.45) is 4.44. The Bertz CT molecular complexity index is 537. The quantitative estimate of drug-likeness (QED) is 0.842. The maximum absolute atomic E-state index is 5.71. The molecular weight excluding hydrogens is 268 g/mol. The van der Waals surface area contributed by atoms with Gasteiger partial charge in [0.1, 0.15) is 0 Å². The number of hydrogen-bond donors (Lipinski definition) is 1. The van der Waals surface area contributed by atoms with E-state index in [4.69, 9.17) is 4.74 Å². The van der Waals surface area contributed by atoms with E-state index >= 15 is 0 Å². The molecule has 2 aromatic rings. The van der Waals surface area contributed by atoms with E-state index in [0.717, 1.165) is 24.9 Å². The maximum atomic E-state index is 5.71. The molecule has 106 valence electrons. The van der Waals surface area contributed by atoms with Gasteiger partial charge in [0, 0.05) is 29.7 Å². The predicted molar refractivity (Wildman–Crippen MR) is 82.0 cm³/mol. The summed E-state index contributed by atoms with van der Waals surface area (Å²) in [7, 11) is 0. The highest BCUT2D eigenvalue weighted by Crippen LogP contribution is 2.29. The molecular formula is C16H20N2OS. The average Bonchev–Trinajstić information content (AvgIpc) is 3.14. The monoisotopic (exact) mass is 288 g/mol. The summed E-state index contributed by atoms with van der Waals surface area (Å²) in [6.45, 7) is 3.84. The van der Waals surface area contributed by atoms with Crippen molar-refractivity contribution in [2.24, 2.45) is 5.92 Å². The number of thiophene rings is 1. The lowest BCUT2D eigenvalue weighted by Gasteiger charge is -2.12. The molecule has 1 aliphatic rings. The number of hydrogen-bond acceptors (Lipinski definition) is 4. The van der Waals surface area contributed by atoms with Gasteiger partial charge >= 0.3 is 0 Å². The zero-order chi connectivity index (χ0) is 13.8. The molecule has 0 aliphatic heterocycles. The lowest BCUT2D eigenvalue weighted by Crippen LogP contribution is -2.17. The van der Waals surface area contributed by atoms with Crippen LogP contribution < -0.4 is 10.1 Å². The van der Waals surface area contributed by atoms with E-state index in [1.807, 2.05) is 18.3 Å². The molecule has 0 spiro atoms. The van der Waals surface area contributed by atoms with Crippen molar-refractivity contribution in [3.63, 3.8) is 0 Å². The second kappa shape index (κ2) is 6.37. The minimum absolute atomic E-state index is 0.374. The first kappa shape index (κ1) is 13.6. The van der Waals surface area contributed by atoms with Gasteiger partial charge in [-0.15, -0.1) is 11.3 Å². The Hall–Kier alpha value is -1.39. The molecule has 3 nitrogen and oxygen atoms in total. The van der Waals surface area contributed by atoms with Crippen LogP contribution in [-0.2, 0) is 6.54 Å². The van der Waals surface area contributed by atoms with Crippen LogP contribution >= 0.6 is 11.3 Å². The molecule has 0 saturated heterocycles. The second-order valence-electron chi connectivity index (χ2n) is 5.37. The van der Waals surface area contributed by atoms with Crippen molar-refractivity contribution >= 4 is 11.3 Å². The lowest BCUT2D eigenvalue weighted by atomic mass is 10.2. The number of ether oxygens (including phenoxy) is 1. The van der Waals surface area contributed by atoms with E-state index in [1.54, 1.807) is 11.3 Å². The van der Waals surface area contributed by atoms with Crippen molar-refractivity contribution in [3.05, 3.63) is 46.3 Å². The third-order valence-corrected chi connectivity index (χ3v) is 4.60. The van der Waals surface area contributed by atoms with Crippen molar-refractivity contribution in [1.82, 2.24) is 10.3 Å². The number of aromatic nitrogens is 1. The molecule has 1 aliphatic carbocycles. The molecule has 1 saturated carbocycles. The molecule has 1 unspecified atom stereocenters. The molecule has 0 amide bonds. The fourth-order valence-electron chi connectivity index (χ4n) is 2.04. The topological polar surface area (TPSA) is 34.2 Å². The van der Waals surface area contributed by atoms with Crippen LogP contribution in [0.3, 0.4) is 0 Å². The van der Waals surface area contributed by atoms with Gasteiger partial charge in [0.2, 0.25) is 5.88 Å². The number of rotatable bonds is 7. The number of nitrogens with one attached hydrogen (secondary N) is 1. The van der Waals surface area contributed by atoms with Crippen LogP contribution in [0.15, 0.2) is 35.8 Å². The molecule has 20 heavy (non-hydrogen) atoms. The minimum atomic E-state index is 0.374. The van der Waals surface area contributed by atoms with E-state index < -0.39 is 0 Å². The molecule has 1 N–H and O–H groups in total. The van der Waals surface area contributed by atoms with E-state index in [9.17, 15) is 0 Å². The molecule has 1 atom stereocenters. The van der Waals surface area contributed by atoms with E-state index in [-0.39, 0.29) is 0 Å². The summed E-state index contributed by atoms with van der Waals surface area (Å²) in [5, 5.41) is 5.65. The van der Waals surface area contributed by atoms with Crippen molar-refractivity contribution in [2.75, 3.05) is 6.61 Å². The van der Waals surface area contributed by atoms with E-state index in [1.165, 1.54) is 23.3 Å². The molecule has 4 heteroatoms. The summed E-state index contributed by atoms with van der Waals surface area (Å²) in [5.74, 6) is 1.51. The highest BCUT2D eigenvalue weighted by molar-refractivity contribution is 7.10. The SMILES string of the molecule is CC(NCc1ccnc(OCC2CC2)c1)c1cccs1. The fourth-order valence-corrected chi connectivity index (χ4v) is 2.80. The molecule has 0 bridgehead atoms. The Balaban J connectivity index is 1.52. The smallest absolute Gasteiger partial charge is 0.213 e. The zero-order valence-electron chi connectivity index (χ0n) is 11.7. The average molecular weight is 288 g/mol. The maximum Gasteiger partial charge on any atom is 0.213 e. The Labute approximate surface area is 124 Å². The second-order valence-corrected chi connectivity index (χ2v) is 6.35. The first-order chi connectivity index (χ1) is 9.81. The van der Waals surface area contributed by atoms with Gasteiger partial charge in [-0.05, 0) is 48.8 Å². The standard InChI is InChI=1S/C16H20N2OS/c1-12(15-3-2-8-20-15)18-10-14-6-7-17-16(9-14)19-11-13-4-5-13/h2-3,6-9,12-13,18H,4-5,10-11H2,1H3. The van der Waals surface area contributed by atoms with Gasteiger partial charge in [0.05, 0.1) is 6.61 Å². The van der Waals surface area contributed by atoms with Crippen molar-refractivity contribution in [1.29, 1.82) is 0 Å². The van der Waals surface area contributed by atoms with Gasteiger partial charge < -0.3 is 10.1 Å². The summed E-state index contributed by atoms with van der Waals surface area (Å²) in [5.41, 5.74) is 1.22. The molecule has 0 radical (unpaired) electrons. The minimum Gasteiger partial charge on any atom is -0.477 e. The largest absolute Gasteiger partial charge is 0.477 e. The van der Waals surface area contributed by atoms with Gasteiger partial charge in [0.15, 0.2) is 0 Å². The van der Waals surface area contributed by atoms with Crippen LogP contribution in [0.4, 0.5) is 0 Å². The van der Waals surface area contributed by atoms with E-state index in [2.05, 4.69) is 34.7 Å². The predicted octanol–water partition coefficient (Wildman–Crippen LogP) is 3.78. The summed E-state index contributed by atoms with van der Waals surface area (Å²) in [6, 6.07) is 8.71. The molecule has 1 fully saturated rings. The summed E-state index contributed by atoms with van der Waals surface area (Å²) < 4.78 is 5.71. The fraction of sp³-hybridized carbons (Fsp3) is 0.438. The van der Waals surface area contributed by atoms with Crippen LogP contribution in [0.25, 0.3) is 0 Å². The van der Waals surface area contributed by atoms with Crippen molar-refractivity contribution < 1.29 is 4.74 Å². The Morgan fingerprint density at radius 2 is 2.35 bits per heavy atom. The Kier molecular flexibility index (Phi) is 4.33. The number of nitrogens with zero attached hydrogens (tertiary/aromatic N) is 1. The third kappa shape index (κ3) is 3.81. The molecule has 2 aromatic heterocycles. The normalized spacial score (nSPS) is 16.1. The lowest BCUT2D eigenvalue weighted by molar-refractivity contribution is 0.288. The van der Waals surface area contributed by atoms with Gasteiger partial charge in [0.25, 0.3) is 0 Å². The third-order valence-electron chi connectivity index (χ3n) is 3.55. The zero-order valence-corrected chi connectivity index (χ0v) is 12.5. The highest BCUT2D eigenvalue weighted by atomic mass is 32.1. The highest BCUT2D eigenvalue weighted by Gasteiger charge is 2.22. The van der Waals surface area contributed by atoms with Crippen LogP contribution in [0.2, 0.25) is 0 Å². The van der Waals surface area contributed by atoms with Gasteiger partial charge in [-0.2, -0.15) is 0 Å². The van der Waals surface area contributed by atoms with Crippen molar-refractivity contribution in [3.8, 4) is 5.88 Å². The van der Waals surface area contributed by atoms with Gasteiger partial charge in [-0.3, -0.25) is 0 Å². The Morgan fingerprint density at radius 1 is 1.45 bits per heavy atom. The van der Waals surface area contributed by atoms with E-state index in [0.29, 0.717) is 6.04 Å². The molecule has 0 aromatic carbocycles. The van der Waals surface area contributed by atoms with Crippen molar-refractivity contribution in [2.45, 2.75) is 32.4 Å². The van der Waals surface area contributed by atoms with Gasteiger partial charge in [-0.1, -0.05) is 6.07 Å². The van der Waals surface area contributed by atoms with Crippen LogP contribution in [0.5, 0.6) is 5.88 Å². The summed E-state index contributed by atoms with van der Waals surface area (Å²) in [4.78, 5) is 5.63. The summed E-state index contributed by atoms with van der Waals surface area (Å²) >= 11 is 1.79. The van der Waals surface area contributed by atoms with Gasteiger partial charge in [-0.25, -0.2) is 4.98 Å².